The smallest absolute Gasteiger partial charge is 0.231 e. The molecule has 1 N–H and O–H groups in total. The molecule has 31 heavy (non-hydrogen) atoms. The number of methoxy groups -OCH3 is 2. The van der Waals surface area contributed by atoms with Crippen molar-refractivity contribution in [2.75, 3.05) is 31.0 Å². The van der Waals surface area contributed by atoms with Gasteiger partial charge in [-0.2, -0.15) is 0 Å². The molecule has 7 nitrogen and oxygen atoms in total. The van der Waals surface area contributed by atoms with Crippen molar-refractivity contribution in [1.82, 2.24) is 4.98 Å². The lowest BCUT2D eigenvalue weighted by atomic mass is 10.1. The van der Waals surface area contributed by atoms with Gasteiger partial charge >= 0.3 is 0 Å². The summed E-state index contributed by atoms with van der Waals surface area (Å²) < 4.78 is 10.6. The van der Waals surface area contributed by atoms with Crippen LogP contribution in [0.5, 0.6) is 11.5 Å². The summed E-state index contributed by atoms with van der Waals surface area (Å²) in [6, 6.07) is 15.4. The molecule has 3 aromatic rings. The standard InChI is InChI=1S/C23H23N3O4S/c1-29-19-9-8-17(12-20(19)30-2)26-14-16(11-21(26)27)22(28)25-23-24-13-18(31-23)10-15-6-4-3-5-7-15/h3-9,12-13,16H,10-11,14H2,1-2H3,(H,24,25,28). The van der Waals surface area contributed by atoms with Crippen LogP contribution in [0.1, 0.15) is 16.9 Å². The van der Waals surface area contributed by atoms with Crippen molar-refractivity contribution in [3.63, 3.8) is 0 Å². The molecule has 1 unspecified atom stereocenters. The van der Waals surface area contributed by atoms with E-state index in [1.165, 1.54) is 16.9 Å². The number of anilines is 2. The van der Waals surface area contributed by atoms with Crippen LogP contribution in [0.3, 0.4) is 0 Å². The average molecular weight is 438 g/mol. The number of hydrogen-bond acceptors (Lipinski definition) is 6. The molecule has 4 rings (SSSR count). The maximum atomic E-state index is 12.8. The van der Waals surface area contributed by atoms with Gasteiger partial charge in [0.1, 0.15) is 0 Å². The van der Waals surface area contributed by atoms with Crippen molar-refractivity contribution in [3.8, 4) is 11.5 Å². The Kier molecular flexibility index (Phi) is 6.18. The van der Waals surface area contributed by atoms with Crippen LogP contribution in [0.15, 0.2) is 54.7 Å². The van der Waals surface area contributed by atoms with Crippen molar-refractivity contribution in [2.24, 2.45) is 5.92 Å². The molecule has 1 aromatic heterocycles. The number of carbonyl (C=O) groups is 2. The number of aromatic nitrogens is 1. The number of benzene rings is 2. The molecular weight excluding hydrogens is 414 g/mol. The van der Waals surface area contributed by atoms with Crippen LogP contribution >= 0.6 is 11.3 Å². The maximum Gasteiger partial charge on any atom is 0.231 e. The van der Waals surface area contributed by atoms with E-state index in [2.05, 4.69) is 22.4 Å². The van der Waals surface area contributed by atoms with Crippen molar-refractivity contribution >= 4 is 34.0 Å². The number of nitrogens with zero attached hydrogens (tertiary/aromatic N) is 2. The first-order valence-corrected chi connectivity index (χ1v) is 10.7. The molecule has 1 aliphatic heterocycles. The Labute approximate surface area is 184 Å². The minimum absolute atomic E-state index is 0.101. The number of rotatable bonds is 7. The van der Waals surface area contributed by atoms with Crippen LogP contribution in [-0.4, -0.2) is 37.6 Å². The predicted molar refractivity (Wildman–Crippen MR) is 120 cm³/mol. The molecule has 160 valence electrons. The van der Waals surface area contributed by atoms with Gasteiger partial charge < -0.3 is 19.7 Å². The minimum Gasteiger partial charge on any atom is -0.493 e. The number of carbonyl (C=O) groups excluding carboxylic acids is 2. The fourth-order valence-corrected chi connectivity index (χ4v) is 4.43. The highest BCUT2D eigenvalue weighted by Crippen LogP contribution is 2.34. The second-order valence-electron chi connectivity index (χ2n) is 7.23. The monoisotopic (exact) mass is 437 g/mol. The Balaban J connectivity index is 1.40. The van der Waals surface area contributed by atoms with Gasteiger partial charge in [0.2, 0.25) is 11.8 Å². The fraction of sp³-hybridized carbons (Fsp3) is 0.261. The van der Waals surface area contributed by atoms with E-state index in [-0.39, 0.29) is 18.2 Å². The molecule has 0 saturated carbocycles. The van der Waals surface area contributed by atoms with E-state index in [4.69, 9.17) is 9.47 Å². The van der Waals surface area contributed by atoms with E-state index in [1.807, 2.05) is 18.2 Å². The van der Waals surface area contributed by atoms with Crippen molar-refractivity contribution in [1.29, 1.82) is 0 Å². The van der Waals surface area contributed by atoms with Gasteiger partial charge in [-0.05, 0) is 17.7 Å². The van der Waals surface area contributed by atoms with Crippen LogP contribution in [0.25, 0.3) is 0 Å². The lowest BCUT2D eigenvalue weighted by molar-refractivity contribution is -0.122. The summed E-state index contributed by atoms with van der Waals surface area (Å²) in [6.45, 7) is 0.308. The Morgan fingerprint density at radius 2 is 1.94 bits per heavy atom. The van der Waals surface area contributed by atoms with Gasteiger partial charge in [0, 0.05) is 42.2 Å². The molecule has 0 aliphatic carbocycles. The minimum atomic E-state index is -0.443. The highest BCUT2D eigenvalue weighted by Gasteiger charge is 2.35. The zero-order chi connectivity index (χ0) is 21.8. The topological polar surface area (TPSA) is 80.8 Å². The molecule has 2 amide bonds. The quantitative estimate of drug-likeness (QED) is 0.609. The molecule has 0 bridgehead atoms. The zero-order valence-electron chi connectivity index (χ0n) is 17.3. The normalized spacial score (nSPS) is 15.7. The average Bonchev–Trinajstić information content (AvgIpc) is 3.40. The van der Waals surface area contributed by atoms with Gasteiger partial charge in [0.15, 0.2) is 16.6 Å². The van der Waals surface area contributed by atoms with Gasteiger partial charge in [0.05, 0.1) is 20.1 Å². The molecule has 2 aromatic carbocycles. The van der Waals surface area contributed by atoms with E-state index in [0.717, 1.165) is 11.3 Å². The molecule has 0 spiro atoms. The van der Waals surface area contributed by atoms with Crippen LogP contribution in [0.4, 0.5) is 10.8 Å². The molecular formula is C23H23N3O4S. The van der Waals surface area contributed by atoms with Crippen LogP contribution in [-0.2, 0) is 16.0 Å². The van der Waals surface area contributed by atoms with E-state index in [1.54, 1.807) is 43.5 Å². The summed E-state index contributed by atoms with van der Waals surface area (Å²) >= 11 is 1.45. The van der Waals surface area contributed by atoms with E-state index >= 15 is 0 Å². The second-order valence-corrected chi connectivity index (χ2v) is 8.34. The highest BCUT2D eigenvalue weighted by molar-refractivity contribution is 7.15. The summed E-state index contributed by atoms with van der Waals surface area (Å²) in [6.07, 6.45) is 2.70. The first kappa shape index (κ1) is 20.9. The van der Waals surface area contributed by atoms with Crippen molar-refractivity contribution in [2.45, 2.75) is 12.8 Å². The Morgan fingerprint density at radius 3 is 2.68 bits per heavy atom. The lowest BCUT2D eigenvalue weighted by Gasteiger charge is -2.18. The molecule has 0 radical (unpaired) electrons. The largest absolute Gasteiger partial charge is 0.493 e. The van der Waals surface area contributed by atoms with Crippen LogP contribution < -0.4 is 19.7 Å². The van der Waals surface area contributed by atoms with Gasteiger partial charge in [-0.15, -0.1) is 11.3 Å². The number of hydrogen-bond donors (Lipinski definition) is 1. The summed E-state index contributed by atoms with van der Waals surface area (Å²) in [5, 5.41) is 3.42. The Bertz CT molecular complexity index is 1080. The SMILES string of the molecule is COc1ccc(N2CC(C(=O)Nc3ncc(Cc4ccccc4)s3)CC2=O)cc1OC. The van der Waals surface area contributed by atoms with Gasteiger partial charge in [-0.1, -0.05) is 30.3 Å². The molecule has 2 heterocycles. The van der Waals surface area contributed by atoms with E-state index < -0.39 is 5.92 Å². The third-order valence-corrected chi connectivity index (χ3v) is 6.09. The Morgan fingerprint density at radius 1 is 1.16 bits per heavy atom. The number of amides is 2. The summed E-state index contributed by atoms with van der Waals surface area (Å²) in [4.78, 5) is 32.3. The molecule has 1 saturated heterocycles. The lowest BCUT2D eigenvalue weighted by Crippen LogP contribution is -2.28. The molecule has 1 atom stereocenters. The number of thiazole rings is 1. The second kappa shape index (κ2) is 9.18. The van der Waals surface area contributed by atoms with E-state index in [9.17, 15) is 9.59 Å². The first-order valence-electron chi connectivity index (χ1n) is 9.89. The maximum absolute atomic E-state index is 12.8. The van der Waals surface area contributed by atoms with Gasteiger partial charge in [0.25, 0.3) is 0 Å². The number of ether oxygens (including phenoxy) is 2. The highest BCUT2D eigenvalue weighted by atomic mass is 32.1. The Hall–Kier alpha value is -3.39. The van der Waals surface area contributed by atoms with E-state index in [0.29, 0.717) is 28.9 Å². The fourth-order valence-electron chi connectivity index (χ4n) is 3.58. The molecule has 1 aliphatic rings. The summed E-state index contributed by atoms with van der Waals surface area (Å²) in [7, 11) is 3.10. The zero-order valence-corrected chi connectivity index (χ0v) is 18.1. The van der Waals surface area contributed by atoms with Crippen LogP contribution in [0.2, 0.25) is 0 Å². The molecule has 8 heteroatoms. The van der Waals surface area contributed by atoms with Crippen LogP contribution in [0, 0.1) is 5.92 Å². The van der Waals surface area contributed by atoms with Gasteiger partial charge in [-0.25, -0.2) is 4.98 Å². The summed E-state index contributed by atoms with van der Waals surface area (Å²) in [5.74, 6) is 0.381. The third kappa shape index (κ3) is 4.69. The van der Waals surface area contributed by atoms with Crippen molar-refractivity contribution in [3.05, 3.63) is 65.2 Å². The van der Waals surface area contributed by atoms with Gasteiger partial charge in [-0.3, -0.25) is 9.59 Å². The first-order chi connectivity index (χ1) is 15.1. The molecule has 1 fully saturated rings. The predicted octanol–water partition coefficient (Wildman–Crippen LogP) is 3.74. The third-order valence-electron chi connectivity index (χ3n) is 5.18. The summed E-state index contributed by atoms with van der Waals surface area (Å²) in [5.41, 5.74) is 1.87. The number of nitrogens with one attached hydrogen (secondary N) is 1. The van der Waals surface area contributed by atoms with Crippen molar-refractivity contribution < 1.29 is 19.1 Å².